The lowest BCUT2D eigenvalue weighted by molar-refractivity contribution is -0.152. The Hall–Kier alpha value is -3.16. The van der Waals surface area contributed by atoms with E-state index in [0.29, 0.717) is 6.54 Å². The van der Waals surface area contributed by atoms with Crippen molar-refractivity contribution in [2.75, 3.05) is 7.11 Å². The lowest BCUT2D eigenvalue weighted by atomic mass is 9.72. The summed E-state index contributed by atoms with van der Waals surface area (Å²) in [6, 6.07) is 18.2. The number of carboxylic acid groups (broad SMARTS) is 1. The Morgan fingerprint density at radius 3 is 2.25 bits per heavy atom. The number of hydrogen-bond acceptors (Lipinski definition) is 5. The summed E-state index contributed by atoms with van der Waals surface area (Å²) in [6.07, 6.45) is 0.176. The third kappa shape index (κ3) is 6.26. The molecular formula is C33H42N2O4S. The molecular weight excluding hydrogens is 520 g/mol. The Morgan fingerprint density at radius 1 is 1.00 bits per heavy atom. The van der Waals surface area contributed by atoms with Crippen LogP contribution in [0.15, 0.2) is 66.0 Å². The zero-order chi connectivity index (χ0) is 29.2. The molecule has 1 fully saturated rings. The van der Waals surface area contributed by atoms with Gasteiger partial charge < -0.3 is 20.1 Å². The van der Waals surface area contributed by atoms with E-state index in [-0.39, 0.29) is 29.7 Å². The Kier molecular flexibility index (Phi) is 8.76. The number of rotatable bonds is 8. The van der Waals surface area contributed by atoms with E-state index in [1.165, 1.54) is 16.9 Å². The molecule has 1 saturated heterocycles. The SMILES string of the molecule is COc1ccc(C(C)(C)C)cc1CN[C@H]1[C@H](C(C)(C)C)[C@@H](C(=O)O)N(C(=O)Cc2cccs2)[C@H]1c1ccccc1. The van der Waals surface area contributed by atoms with Crippen molar-refractivity contribution in [3.05, 3.63) is 87.6 Å². The number of carbonyl (C=O) groups excluding carboxylic acids is 1. The van der Waals surface area contributed by atoms with Crippen LogP contribution in [0.3, 0.4) is 0 Å². The molecule has 7 heteroatoms. The second-order valence-electron chi connectivity index (χ2n) is 12.8. The van der Waals surface area contributed by atoms with E-state index in [4.69, 9.17) is 4.74 Å². The van der Waals surface area contributed by atoms with E-state index in [1.807, 2.05) is 53.9 Å². The van der Waals surface area contributed by atoms with Crippen LogP contribution in [-0.4, -0.2) is 41.1 Å². The number of carbonyl (C=O) groups is 2. The monoisotopic (exact) mass is 562 g/mol. The third-order valence-electron chi connectivity index (χ3n) is 7.93. The minimum absolute atomic E-state index is 0.0334. The van der Waals surface area contributed by atoms with Crippen LogP contribution in [-0.2, 0) is 28.0 Å². The molecule has 1 aliphatic rings. The van der Waals surface area contributed by atoms with Gasteiger partial charge in [0.05, 0.1) is 19.6 Å². The minimum Gasteiger partial charge on any atom is -0.496 e. The highest BCUT2D eigenvalue weighted by molar-refractivity contribution is 7.10. The number of likely N-dealkylation sites (tertiary alicyclic amines) is 1. The number of methoxy groups -OCH3 is 1. The highest BCUT2D eigenvalue weighted by Gasteiger charge is 2.57. The summed E-state index contributed by atoms with van der Waals surface area (Å²) < 4.78 is 5.71. The summed E-state index contributed by atoms with van der Waals surface area (Å²) in [5, 5.41) is 16.3. The van der Waals surface area contributed by atoms with Gasteiger partial charge >= 0.3 is 5.97 Å². The third-order valence-corrected chi connectivity index (χ3v) is 8.81. The highest BCUT2D eigenvalue weighted by atomic mass is 32.1. The molecule has 40 heavy (non-hydrogen) atoms. The molecule has 1 amide bonds. The second kappa shape index (κ2) is 11.8. The van der Waals surface area contributed by atoms with Crippen LogP contribution in [0.4, 0.5) is 0 Å². The van der Waals surface area contributed by atoms with Crippen molar-refractivity contribution in [3.8, 4) is 5.75 Å². The first-order chi connectivity index (χ1) is 18.8. The van der Waals surface area contributed by atoms with Crippen LogP contribution in [0.2, 0.25) is 0 Å². The van der Waals surface area contributed by atoms with Crippen molar-refractivity contribution < 1.29 is 19.4 Å². The molecule has 0 saturated carbocycles. The zero-order valence-electron chi connectivity index (χ0n) is 24.6. The number of carboxylic acids is 1. The van der Waals surface area contributed by atoms with Gasteiger partial charge in [-0.15, -0.1) is 11.3 Å². The van der Waals surface area contributed by atoms with E-state index in [1.54, 1.807) is 12.0 Å². The van der Waals surface area contributed by atoms with Gasteiger partial charge in [0.2, 0.25) is 5.91 Å². The molecule has 2 N–H and O–H groups in total. The fraction of sp³-hybridized carbons (Fsp3) is 0.455. The summed E-state index contributed by atoms with van der Waals surface area (Å²) in [5.41, 5.74) is 2.69. The van der Waals surface area contributed by atoms with Gasteiger partial charge in [0.15, 0.2) is 0 Å². The quantitative estimate of drug-likeness (QED) is 0.330. The molecule has 0 unspecified atom stereocenters. The topological polar surface area (TPSA) is 78.9 Å². The molecule has 0 bridgehead atoms. The predicted molar refractivity (Wildman–Crippen MR) is 161 cm³/mol. The average Bonchev–Trinajstić information content (AvgIpc) is 3.53. The standard InChI is InChI=1S/C33H42N2O4S/c1-32(2,3)23-15-16-25(39-7)22(18-23)20-34-28-27(33(4,5)6)30(31(37)38)35(26(36)19-24-14-11-17-40-24)29(28)21-12-9-8-10-13-21/h8-18,27-30,34H,19-20H2,1-7H3,(H,37,38)/t27-,28-,29-,30-/m0/s1. The Labute approximate surface area is 242 Å². The van der Waals surface area contributed by atoms with Gasteiger partial charge in [0.25, 0.3) is 0 Å². The molecule has 1 aromatic heterocycles. The van der Waals surface area contributed by atoms with Crippen LogP contribution in [0.25, 0.3) is 0 Å². The van der Waals surface area contributed by atoms with Crippen LogP contribution < -0.4 is 10.1 Å². The molecule has 0 radical (unpaired) electrons. The molecule has 6 nitrogen and oxygen atoms in total. The first kappa shape index (κ1) is 29.8. The number of nitrogens with zero attached hydrogens (tertiary/aromatic N) is 1. The average molecular weight is 563 g/mol. The fourth-order valence-electron chi connectivity index (χ4n) is 6.03. The van der Waals surface area contributed by atoms with Gasteiger partial charge in [-0.1, -0.05) is 90.1 Å². The predicted octanol–water partition coefficient (Wildman–Crippen LogP) is 6.45. The Balaban J connectivity index is 1.81. The van der Waals surface area contributed by atoms with Crippen LogP contribution >= 0.6 is 11.3 Å². The van der Waals surface area contributed by atoms with Gasteiger partial charge in [0, 0.05) is 28.9 Å². The first-order valence-corrected chi connectivity index (χ1v) is 14.7. The number of amides is 1. The Bertz CT molecular complexity index is 1310. The molecule has 0 aliphatic carbocycles. The molecule has 2 aromatic carbocycles. The maximum atomic E-state index is 14.0. The summed E-state index contributed by atoms with van der Waals surface area (Å²) in [5.74, 6) is -0.715. The van der Waals surface area contributed by atoms with E-state index in [9.17, 15) is 14.7 Å². The van der Waals surface area contributed by atoms with Gasteiger partial charge in [-0.3, -0.25) is 4.79 Å². The van der Waals surface area contributed by atoms with Crippen molar-refractivity contribution in [1.82, 2.24) is 10.2 Å². The van der Waals surface area contributed by atoms with Crippen molar-refractivity contribution >= 4 is 23.2 Å². The summed E-state index contributed by atoms with van der Waals surface area (Å²) in [4.78, 5) is 29.5. The summed E-state index contributed by atoms with van der Waals surface area (Å²) in [6.45, 7) is 13.2. The lowest BCUT2D eigenvalue weighted by Gasteiger charge is -2.35. The molecule has 1 aliphatic heterocycles. The second-order valence-corrected chi connectivity index (χ2v) is 13.8. The molecule has 3 aromatic rings. The van der Waals surface area contributed by atoms with E-state index < -0.39 is 23.5 Å². The molecule has 0 spiro atoms. The number of hydrogen-bond donors (Lipinski definition) is 2. The number of thiophene rings is 1. The van der Waals surface area contributed by atoms with Crippen LogP contribution in [0.5, 0.6) is 5.75 Å². The van der Waals surface area contributed by atoms with Crippen LogP contribution in [0.1, 0.15) is 69.2 Å². The summed E-state index contributed by atoms with van der Waals surface area (Å²) >= 11 is 1.51. The number of aliphatic carboxylic acids is 1. The van der Waals surface area contributed by atoms with E-state index in [2.05, 4.69) is 59.0 Å². The lowest BCUT2D eigenvalue weighted by Crippen LogP contribution is -2.48. The maximum absolute atomic E-state index is 14.0. The van der Waals surface area contributed by atoms with E-state index >= 15 is 0 Å². The van der Waals surface area contributed by atoms with Crippen molar-refractivity contribution in [3.63, 3.8) is 0 Å². The Morgan fingerprint density at radius 2 is 1.70 bits per heavy atom. The first-order valence-electron chi connectivity index (χ1n) is 13.8. The fourth-order valence-corrected chi connectivity index (χ4v) is 6.72. The van der Waals surface area contributed by atoms with Gasteiger partial charge in [-0.2, -0.15) is 0 Å². The number of nitrogens with one attached hydrogen (secondary N) is 1. The van der Waals surface area contributed by atoms with Gasteiger partial charge in [-0.25, -0.2) is 4.79 Å². The smallest absolute Gasteiger partial charge is 0.326 e. The largest absolute Gasteiger partial charge is 0.496 e. The number of benzene rings is 2. The minimum atomic E-state index is -0.975. The highest BCUT2D eigenvalue weighted by Crippen LogP contribution is 2.48. The molecule has 2 heterocycles. The molecule has 214 valence electrons. The zero-order valence-corrected chi connectivity index (χ0v) is 25.4. The number of ether oxygens (including phenoxy) is 1. The van der Waals surface area contributed by atoms with Crippen molar-refractivity contribution in [1.29, 1.82) is 0 Å². The van der Waals surface area contributed by atoms with Gasteiger partial charge in [0.1, 0.15) is 11.8 Å². The van der Waals surface area contributed by atoms with Crippen molar-refractivity contribution in [2.45, 2.75) is 78.0 Å². The normalized spacial score (nSPS) is 21.4. The summed E-state index contributed by atoms with van der Waals surface area (Å²) in [7, 11) is 1.67. The van der Waals surface area contributed by atoms with Crippen LogP contribution in [0, 0.1) is 11.3 Å². The van der Waals surface area contributed by atoms with Crippen molar-refractivity contribution in [2.24, 2.45) is 11.3 Å². The van der Waals surface area contributed by atoms with Gasteiger partial charge in [-0.05, 0) is 39.5 Å². The molecule has 4 rings (SSSR count). The molecule has 4 atom stereocenters. The maximum Gasteiger partial charge on any atom is 0.326 e. The van der Waals surface area contributed by atoms with E-state index in [0.717, 1.165) is 21.8 Å².